The Morgan fingerprint density at radius 1 is 1.03 bits per heavy atom. The molecule has 14 heteroatoms. The van der Waals surface area contributed by atoms with Crippen LogP contribution in [-0.2, 0) is 15.8 Å². The minimum absolute atomic E-state index is 0. The average molecular weight is 616 g/mol. The van der Waals surface area contributed by atoms with Gasteiger partial charge in [0.05, 0.1) is 9.92 Å². The fourth-order valence-corrected chi connectivity index (χ4v) is 6.91. The second kappa shape index (κ2) is 12.2. The van der Waals surface area contributed by atoms with Gasteiger partial charge in [0.25, 0.3) is 0 Å². The van der Waals surface area contributed by atoms with E-state index < -0.39 is 10.0 Å². The monoisotopic (exact) mass is 614 g/mol. The molecule has 182 valence electrons. The van der Waals surface area contributed by atoms with Gasteiger partial charge in [-0.15, -0.1) is 22.0 Å². The van der Waals surface area contributed by atoms with Crippen LogP contribution in [0.1, 0.15) is 5.56 Å². The molecule has 0 unspecified atom stereocenters. The molecule has 0 saturated heterocycles. The molecule has 0 N–H and O–H groups in total. The Labute approximate surface area is 273 Å². The number of benzene rings is 3. The maximum Gasteiger partial charge on any atom is 1.00 e. The Morgan fingerprint density at radius 3 is 2.51 bits per heavy atom. The molecule has 0 aliphatic carbocycles. The molecular formula is C23H13Cl2KN4O4S3. The summed E-state index contributed by atoms with van der Waals surface area (Å²) in [4.78, 5) is 0.209. The van der Waals surface area contributed by atoms with Crippen molar-refractivity contribution in [2.24, 2.45) is 0 Å². The van der Waals surface area contributed by atoms with Crippen LogP contribution in [0.5, 0.6) is 11.5 Å². The zero-order valence-electron chi connectivity index (χ0n) is 19.0. The van der Waals surface area contributed by atoms with Gasteiger partial charge in [0.1, 0.15) is 10.0 Å². The van der Waals surface area contributed by atoms with Crippen LogP contribution in [0, 0.1) is 11.5 Å². The molecule has 3 aromatic carbocycles. The first-order valence-electron chi connectivity index (χ1n) is 10.1. The van der Waals surface area contributed by atoms with Gasteiger partial charge in [0.15, 0.2) is 11.5 Å². The number of halogens is 2. The van der Waals surface area contributed by atoms with Gasteiger partial charge in [-0.3, -0.25) is 0 Å². The van der Waals surface area contributed by atoms with E-state index in [-0.39, 0.29) is 68.1 Å². The normalized spacial score (nSPS) is 12.0. The van der Waals surface area contributed by atoms with Gasteiger partial charge < -0.3 is 19.5 Å². The first-order chi connectivity index (χ1) is 17.3. The third-order valence-electron chi connectivity index (χ3n) is 5.05. The van der Waals surface area contributed by atoms with Crippen LogP contribution >= 0.6 is 46.3 Å². The quantitative estimate of drug-likeness (QED) is 0.175. The van der Waals surface area contributed by atoms with Crippen molar-refractivity contribution >= 4 is 56.3 Å². The zero-order valence-corrected chi connectivity index (χ0v) is 26.1. The Bertz CT molecular complexity index is 1610. The molecule has 5 rings (SSSR count). The average Bonchev–Trinajstić information content (AvgIpc) is 3.52. The molecule has 0 amide bonds. The van der Waals surface area contributed by atoms with Crippen molar-refractivity contribution in [3.8, 4) is 38.8 Å². The number of fused-ring (bicyclic) bond motifs is 1. The van der Waals surface area contributed by atoms with E-state index in [0.29, 0.717) is 42.7 Å². The standard InChI is InChI=1S/C23H13Cl2N4O4S3.K/c24-15-4-2-14(3-5-15)22-28-29-23(35-22)16-8-21(36(30,31)27-11-26)20(9-17(16)25)34-10-13-1-6-18-19(7-13)33-12-32-18;/h1-9H,10,12H2;/q-1;+1. The van der Waals surface area contributed by atoms with Crippen LogP contribution in [0.3, 0.4) is 0 Å². The van der Waals surface area contributed by atoms with Gasteiger partial charge in [-0.2, -0.15) is 0 Å². The van der Waals surface area contributed by atoms with E-state index >= 15 is 0 Å². The van der Waals surface area contributed by atoms with E-state index in [1.807, 2.05) is 24.3 Å². The topological polar surface area (TPSA) is 116 Å². The maximum atomic E-state index is 12.8. The third-order valence-corrected chi connectivity index (χ3v) is 9.09. The molecule has 1 aliphatic heterocycles. The number of ether oxygens (including phenoxy) is 2. The van der Waals surface area contributed by atoms with Gasteiger partial charge in [-0.1, -0.05) is 58.9 Å². The number of aromatic nitrogens is 2. The van der Waals surface area contributed by atoms with Gasteiger partial charge in [-0.25, -0.2) is 8.42 Å². The number of rotatable bonds is 7. The third kappa shape index (κ3) is 6.44. The SMILES string of the molecule is N#C[N-]S(=O)(=O)c1cc(-c2nnc(-c3ccc(Cl)cc3)s2)c(Cl)cc1SCc1ccc2c(c1)OCO2.[K+]. The number of hydrogen-bond donors (Lipinski definition) is 0. The minimum Gasteiger partial charge on any atom is -0.493 e. The summed E-state index contributed by atoms with van der Waals surface area (Å²) in [5.41, 5.74) is 2.07. The van der Waals surface area contributed by atoms with E-state index in [1.54, 1.807) is 18.2 Å². The van der Waals surface area contributed by atoms with Crippen molar-refractivity contribution in [2.45, 2.75) is 15.5 Å². The maximum absolute atomic E-state index is 12.8. The predicted molar refractivity (Wildman–Crippen MR) is 139 cm³/mol. The summed E-state index contributed by atoms with van der Waals surface area (Å²) in [6.45, 7) is 0.159. The Kier molecular flexibility index (Phi) is 9.45. The van der Waals surface area contributed by atoms with E-state index in [9.17, 15) is 8.42 Å². The zero-order chi connectivity index (χ0) is 25.3. The first-order valence-corrected chi connectivity index (χ1v) is 14.1. The summed E-state index contributed by atoms with van der Waals surface area (Å²) in [7, 11) is -4.27. The summed E-state index contributed by atoms with van der Waals surface area (Å²) in [6, 6.07) is 15.5. The molecule has 1 aliphatic rings. The molecule has 0 atom stereocenters. The van der Waals surface area contributed by atoms with Crippen LogP contribution in [-0.4, -0.2) is 25.4 Å². The Morgan fingerprint density at radius 2 is 1.76 bits per heavy atom. The van der Waals surface area contributed by atoms with Crippen molar-refractivity contribution in [3.63, 3.8) is 0 Å². The number of hydrogen-bond acceptors (Lipinski definition) is 9. The number of nitrogens with zero attached hydrogens (tertiary/aromatic N) is 4. The summed E-state index contributed by atoms with van der Waals surface area (Å²) in [5.74, 6) is 1.70. The molecule has 0 radical (unpaired) electrons. The smallest absolute Gasteiger partial charge is 0.493 e. The molecule has 0 saturated carbocycles. The van der Waals surface area contributed by atoms with Crippen LogP contribution in [0.15, 0.2) is 64.4 Å². The first kappa shape index (κ1) is 28.6. The molecule has 0 spiro atoms. The van der Waals surface area contributed by atoms with Gasteiger partial charge in [-0.05, 0) is 42.0 Å². The minimum atomic E-state index is -4.27. The molecule has 8 nitrogen and oxygen atoms in total. The van der Waals surface area contributed by atoms with Gasteiger partial charge >= 0.3 is 51.4 Å². The van der Waals surface area contributed by atoms with E-state index in [0.717, 1.165) is 11.1 Å². The van der Waals surface area contributed by atoms with E-state index in [4.69, 9.17) is 37.9 Å². The second-order valence-corrected chi connectivity index (χ2v) is 11.8. The van der Waals surface area contributed by atoms with Crippen LogP contribution in [0.2, 0.25) is 10.0 Å². The van der Waals surface area contributed by atoms with Crippen LogP contribution in [0.25, 0.3) is 25.9 Å². The second-order valence-electron chi connectivity index (χ2n) is 7.34. The summed E-state index contributed by atoms with van der Waals surface area (Å²) < 4.78 is 39.6. The molecule has 0 fully saturated rings. The number of nitriles is 1. The fraction of sp³-hybridized carbons (Fsp3) is 0.0870. The van der Waals surface area contributed by atoms with Crippen LogP contribution in [0.4, 0.5) is 0 Å². The number of sulfonamides is 1. The molecule has 4 aromatic rings. The van der Waals surface area contributed by atoms with Gasteiger partial charge in [0, 0.05) is 26.8 Å². The summed E-state index contributed by atoms with van der Waals surface area (Å²) in [5, 5.41) is 19.3. The molecule has 0 bridgehead atoms. The summed E-state index contributed by atoms with van der Waals surface area (Å²) in [6.07, 6.45) is 1.37. The van der Waals surface area contributed by atoms with Crippen LogP contribution < -0.4 is 60.9 Å². The van der Waals surface area contributed by atoms with E-state index in [1.165, 1.54) is 41.4 Å². The fourth-order valence-electron chi connectivity index (χ4n) is 3.35. The summed E-state index contributed by atoms with van der Waals surface area (Å²) >= 11 is 15.0. The molecule has 37 heavy (non-hydrogen) atoms. The molecule has 2 heterocycles. The Hall–Kier alpha value is -1.37. The van der Waals surface area contributed by atoms with E-state index in [2.05, 4.69) is 14.9 Å². The van der Waals surface area contributed by atoms with Crippen molar-refractivity contribution in [1.29, 1.82) is 5.26 Å². The van der Waals surface area contributed by atoms with Crippen molar-refractivity contribution in [1.82, 2.24) is 10.2 Å². The van der Waals surface area contributed by atoms with Gasteiger partial charge in [0.2, 0.25) is 16.8 Å². The predicted octanol–water partition coefficient (Wildman–Crippen LogP) is 3.75. The largest absolute Gasteiger partial charge is 1.00 e. The number of thioether (sulfide) groups is 1. The molecule has 1 aromatic heterocycles. The molecular weight excluding hydrogens is 602 g/mol. The Balaban J connectivity index is 0.00000320. The van der Waals surface area contributed by atoms with Crippen molar-refractivity contribution in [3.05, 3.63) is 74.9 Å². The van der Waals surface area contributed by atoms with Crippen molar-refractivity contribution < 1.29 is 69.3 Å². The van der Waals surface area contributed by atoms with Crippen molar-refractivity contribution in [2.75, 3.05) is 6.79 Å².